The molecule has 9 nitrogen and oxygen atoms in total. The van der Waals surface area contributed by atoms with Gasteiger partial charge >= 0.3 is 0 Å². The second-order valence-corrected chi connectivity index (χ2v) is 11.1. The standard InChI is InChI=1S/C26H30FN5O4S/c1-16(2)15-36-20-13-18(12-19(27)14-20)22-10-9-21(25(29-22)32-11-5-6-17(32)3)26(33)31-37(34,35)24-8-4-7-23(28)30-24/h4,7-10,12-14,16-17H,5-6,11,15H2,1-3H3,(H2,28,30)(H,31,33)/t17-/m1/s1. The molecule has 4 rings (SSSR count). The zero-order chi connectivity index (χ0) is 26.7. The van der Waals surface area contributed by atoms with Gasteiger partial charge in [0.2, 0.25) is 0 Å². The Morgan fingerprint density at radius 2 is 2.00 bits per heavy atom. The highest BCUT2D eigenvalue weighted by atomic mass is 32.2. The van der Waals surface area contributed by atoms with Crippen LogP contribution in [0.25, 0.3) is 11.3 Å². The van der Waals surface area contributed by atoms with Crippen LogP contribution in [0.2, 0.25) is 0 Å². The van der Waals surface area contributed by atoms with E-state index in [0.717, 1.165) is 12.8 Å². The lowest BCUT2D eigenvalue weighted by Gasteiger charge is -2.25. The summed E-state index contributed by atoms with van der Waals surface area (Å²) in [5.41, 5.74) is 6.60. The lowest BCUT2D eigenvalue weighted by atomic mass is 10.1. The number of pyridine rings is 2. The van der Waals surface area contributed by atoms with Crippen LogP contribution in [0, 0.1) is 11.7 Å². The van der Waals surface area contributed by atoms with Crippen LogP contribution in [-0.2, 0) is 10.0 Å². The maximum absolute atomic E-state index is 14.4. The quantitative estimate of drug-likeness (QED) is 0.450. The molecular formula is C26H30FN5O4S. The lowest BCUT2D eigenvalue weighted by Crippen LogP contribution is -2.35. The predicted molar refractivity (Wildman–Crippen MR) is 139 cm³/mol. The lowest BCUT2D eigenvalue weighted by molar-refractivity contribution is 0.0981. The van der Waals surface area contributed by atoms with E-state index in [9.17, 15) is 17.6 Å². The number of ether oxygens (including phenoxy) is 1. The molecule has 0 unspecified atom stereocenters. The number of hydrogen-bond acceptors (Lipinski definition) is 8. The number of hydrogen-bond donors (Lipinski definition) is 2. The van der Waals surface area contributed by atoms with Gasteiger partial charge in [0, 0.05) is 24.2 Å². The molecule has 11 heteroatoms. The van der Waals surface area contributed by atoms with Gasteiger partial charge in [0.15, 0.2) is 5.03 Å². The van der Waals surface area contributed by atoms with Crippen LogP contribution in [0.5, 0.6) is 5.75 Å². The van der Waals surface area contributed by atoms with Gasteiger partial charge in [-0.3, -0.25) is 4.79 Å². The van der Waals surface area contributed by atoms with E-state index in [1.807, 2.05) is 25.7 Å². The van der Waals surface area contributed by atoms with Gasteiger partial charge in [0.05, 0.1) is 17.9 Å². The van der Waals surface area contributed by atoms with Crippen molar-refractivity contribution in [3.63, 3.8) is 0 Å². The minimum atomic E-state index is -4.27. The zero-order valence-electron chi connectivity index (χ0n) is 20.9. The SMILES string of the molecule is CC(C)COc1cc(F)cc(-c2ccc(C(=O)NS(=O)(=O)c3cccc(N)n3)c(N3CCC[C@H]3C)n2)c1. The molecule has 1 amide bonds. The minimum Gasteiger partial charge on any atom is -0.493 e. The largest absolute Gasteiger partial charge is 0.493 e. The maximum atomic E-state index is 14.4. The third-order valence-electron chi connectivity index (χ3n) is 5.94. The van der Waals surface area contributed by atoms with E-state index in [-0.39, 0.29) is 28.4 Å². The molecule has 3 heterocycles. The molecule has 196 valence electrons. The van der Waals surface area contributed by atoms with Crippen molar-refractivity contribution in [3.8, 4) is 17.0 Å². The van der Waals surface area contributed by atoms with Crippen LogP contribution in [-0.4, -0.2) is 43.5 Å². The smallest absolute Gasteiger partial charge is 0.281 e. The first kappa shape index (κ1) is 26.3. The molecule has 0 bridgehead atoms. The zero-order valence-corrected chi connectivity index (χ0v) is 21.8. The molecule has 3 aromatic rings. The van der Waals surface area contributed by atoms with Gasteiger partial charge in [-0.25, -0.2) is 19.1 Å². The first-order valence-electron chi connectivity index (χ1n) is 12.0. The number of halogens is 1. The fourth-order valence-electron chi connectivity index (χ4n) is 4.12. The number of aromatic nitrogens is 2. The summed E-state index contributed by atoms with van der Waals surface area (Å²) in [6.07, 6.45) is 1.79. The molecule has 1 saturated heterocycles. The van der Waals surface area contributed by atoms with E-state index in [1.54, 1.807) is 12.1 Å². The molecule has 1 aromatic carbocycles. The van der Waals surface area contributed by atoms with Crippen LogP contribution >= 0.6 is 0 Å². The molecule has 1 aliphatic heterocycles. The van der Waals surface area contributed by atoms with Crippen molar-refractivity contribution in [2.24, 2.45) is 5.92 Å². The number of amides is 1. The molecular weight excluding hydrogens is 497 g/mol. The van der Waals surface area contributed by atoms with Crippen molar-refractivity contribution in [1.29, 1.82) is 0 Å². The number of anilines is 2. The van der Waals surface area contributed by atoms with Gasteiger partial charge < -0.3 is 15.4 Å². The summed E-state index contributed by atoms with van der Waals surface area (Å²) in [6, 6.07) is 11.6. The number of rotatable bonds is 8. The maximum Gasteiger partial charge on any atom is 0.281 e. The molecule has 0 radical (unpaired) electrons. The van der Waals surface area contributed by atoms with Gasteiger partial charge in [0.1, 0.15) is 23.2 Å². The molecule has 1 aliphatic rings. The molecule has 3 N–H and O–H groups in total. The van der Waals surface area contributed by atoms with Crippen LogP contribution in [0.4, 0.5) is 16.0 Å². The average molecular weight is 528 g/mol. The Kier molecular flexibility index (Phi) is 7.63. The van der Waals surface area contributed by atoms with E-state index >= 15 is 0 Å². The van der Waals surface area contributed by atoms with Crippen molar-refractivity contribution >= 4 is 27.6 Å². The normalized spacial score (nSPS) is 15.7. The van der Waals surface area contributed by atoms with E-state index in [2.05, 4.69) is 9.71 Å². The molecule has 0 spiro atoms. The number of nitrogens with zero attached hydrogens (tertiary/aromatic N) is 3. The highest BCUT2D eigenvalue weighted by molar-refractivity contribution is 7.90. The Labute approximate surface area is 215 Å². The van der Waals surface area contributed by atoms with Crippen LogP contribution < -0.4 is 20.1 Å². The van der Waals surface area contributed by atoms with E-state index in [1.165, 1.54) is 36.4 Å². The Morgan fingerprint density at radius 3 is 2.68 bits per heavy atom. The van der Waals surface area contributed by atoms with Crippen LogP contribution in [0.15, 0.2) is 53.6 Å². The number of carbonyl (C=O) groups excluding carboxylic acids is 1. The Morgan fingerprint density at radius 1 is 1.22 bits per heavy atom. The van der Waals surface area contributed by atoms with E-state index in [4.69, 9.17) is 15.5 Å². The Bertz CT molecular complexity index is 1410. The first-order chi connectivity index (χ1) is 17.5. The third kappa shape index (κ3) is 6.16. The van der Waals surface area contributed by atoms with Gasteiger partial charge in [-0.1, -0.05) is 19.9 Å². The monoisotopic (exact) mass is 527 g/mol. The number of nitrogens with one attached hydrogen (secondary N) is 1. The number of nitrogens with two attached hydrogens (primary N) is 1. The summed E-state index contributed by atoms with van der Waals surface area (Å²) >= 11 is 0. The topological polar surface area (TPSA) is 128 Å². The Hall–Kier alpha value is -3.73. The molecule has 37 heavy (non-hydrogen) atoms. The average Bonchev–Trinajstić information content (AvgIpc) is 3.27. The van der Waals surface area contributed by atoms with Gasteiger partial charge in [-0.05, 0) is 62.1 Å². The van der Waals surface area contributed by atoms with E-state index < -0.39 is 21.7 Å². The van der Waals surface area contributed by atoms with Crippen molar-refractivity contribution < 1.29 is 22.3 Å². The minimum absolute atomic E-state index is 0.0137. The Balaban J connectivity index is 1.71. The van der Waals surface area contributed by atoms with Crippen molar-refractivity contribution in [1.82, 2.24) is 14.7 Å². The first-order valence-corrected chi connectivity index (χ1v) is 13.5. The van der Waals surface area contributed by atoms with Gasteiger partial charge in [-0.2, -0.15) is 8.42 Å². The second kappa shape index (κ2) is 10.7. The van der Waals surface area contributed by atoms with Crippen molar-refractivity contribution in [3.05, 3.63) is 59.9 Å². The fourth-order valence-corrected chi connectivity index (χ4v) is 5.06. The number of carbonyl (C=O) groups is 1. The summed E-state index contributed by atoms with van der Waals surface area (Å²) in [4.78, 5) is 23.7. The van der Waals surface area contributed by atoms with Gasteiger partial charge in [0.25, 0.3) is 15.9 Å². The summed E-state index contributed by atoms with van der Waals surface area (Å²) in [6.45, 7) is 7.09. The molecule has 2 aromatic heterocycles. The molecule has 1 atom stereocenters. The summed E-state index contributed by atoms with van der Waals surface area (Å²) in [5, 5.41) is -0.366. The van der Waals surface area contributed by atoms with Crippen LogP contribution in [0.1, 0.15) is 44.0 Å². The summed E-state index contributed by atoms with van der Waals surface area (Å²) in [7, 11) is -4.27. The highest BCUT2D eigenvalue weighted by Gasteiger charge is 2.29. The number of sulfonamides is 1. The second-order valence-electron chi connectivity index (χ2n) is 9.47. The molecule has 0 saturated carbocycles. The van der Waals surface area contributed by atoms with Crippen molar-refractivity contribution in [2.75, 3.05) is 23.8 Å². The fraction of sp³-hybridized carbons (Fsp3) is 0.346. The third-order valence-corrected chi connectivity index (χ3v) is 7.17. The van der Waals surface area contributed by atoms with Gasteiger partial charge in [-0.15, -0.1) is 0 Å². The summed E-state index contributed by atoms with van der Waals surface area (Å²) in [5.74, 6) is -0.340. The van der Waals surface area contributed by atoms with E-state index in [0.29, 0.717) is 36.0 Å². The summed E-state index contributed by atoms with van der Waals surface area (Å²) < 4.78 is 47.8. The van der Waals surface area contributed by atoms with Crippen molar-refractivity contribution in [2.45, 2.75) is 44.7 Å². The predicted octanol–water partition coefficient (Wildman–Crippen LogP) is 4.01. The number of nitrogen functional groups attached to an aromatic ring is 1. The van der Waals surface area contributed by atoms with Crippen LogP contribution in [0.3, 0.4) is 0 Å². The molecule has 1 fully saturated rings. The highest BCUT2D eigenvalue weighted by Crippen LogP contribution is 2.32. The molecule has 0 aliphatic carbocycles. The number of benzene rings is 1.